The number of nitrogens with one attached hydrogen (secondary N) is 2. The Morgan fingerprint density at radius 2 is 1.84 bits per heavy atom. The molecular weight excluding hydrogens is 393 g/mol. The molecule has 0 spiro atoms. The lowest BCUT2D eigenvalue weighted by Gasteiger charge is -2.14. The fourth-order valence-electron chi connectivity index (χ4n) is 3.18. The van der Waals surface area contributed by atoms with Crippen molar-refractivity contribution in [2.24, 2.45) is 0 Å². The summed E-state index contributed by atoms with van der Waals surface area (Å²) < 4.78 is 13.0. The van der Waals surface area contributed by atoms with Gasteiger partial charge in [-0.25, -0.2) is 9.37 Å². The van der Waals surface area contributed by atoms with E-state index in [0.717, 1.165) is 5.56 Å². The van der Waals surface area contributed by atoms with Crippen LogP contribution in [-0.2, 0) is 6.42 Å². The molecule has 3 aromatic rings. The van der Waals surface area contributed by atoms with E-state index in [4.69, 9.17) is 5.41 Å². The lowest BCUT2D eigenvalue weighted by molar-refractivity contribution is 0.0968. The Kier molecular flexibility index (Phi) is 6.46. The van der Waals surface area contributed by atoms with Crippen molar-refractivity contribution in [3.63, 3.8) is 0 Å². The number of aromatic hydroxyl groups is 1. The number of halogens is 1. The molecule has 1 aromatic heterocycles. The number of nitrogens with zero attached hydrogens (tertiary/aromatic N) is 1. The van der Waals surface area contributed by atoms with Gasteiger partial charge in [0.1, 0.15) is 5.82 Å². The summed E-state index contributed by atoms with van der Waals surface area (Å²) in [7, 11) is 0. The van der Waals surface area contributed by atoms with Gasteiger partial charge in [0.25, 0.3) is 5.91 Å². The highest BCUT2D eigenvalue weighted by Crippen LogP contribution is 2.26. The van der Waals surface area contributed by atoms with Crippen molar-refractivity contribution in [3.05, 3.63) is 82.3 Å². The molecule has 1 amide bonds. The van der Waals surface area contributed by atoms with Gasteiger partial charge in [-0.05, 0) is 44.5 Å². The zero-order valence-corrected chi connectivity index (χ0v) is 17.5. The Morgan fingerprint density at radius 3 is 2.52 bits per heavy atom. The van der Waals surface area contributed by atoms with Crippen molar-refractivity contribution < 1.29 is 14.3 Å². The Balaban J connectivity index is 1.92. The molecule has 0 fully saturated rings. The molecule has 1 heterocycles. The van der Waals surface area contributed by atoms with Gasteiger partial charge >= 0.3 is 0 Å². The number of pyridine rings is 1. The molecule has 6 heteroatoms. The van der Waals surface area contributed by atoms with Gasteiger partial charge in [-0.3, -0.25) is 4.79 Å². The van der Waals surface area contributed by atoms with E-state index in [2.05, 4.69) is 22.1 Å². The van der Waals surface area contributed by atoms with Crippen LogP contribution in [0.5, 0.6) is 5.88 Å². The molecule has 31 heavy (non-hydrogen) atoms. The van der Waals surface area contributed by atoms with Crippen molar-refractivity contribution in [2.75, 3.05) is 0 Å². The maximum Gasteiger partial charge on any atom is 0.256 e. The van der Waals surface area contributed by atoms with Crippen LogP contribution in [-0.4, -0.2) is 21.7 Å². The SMILES string of the molecule is CC(=N)/C(NC(=O)c1c(C)c(O)nc2ccccc12)=C(/C)C#CCc1ccc(F)cc1. The monoisotopic (exact) mass is 415 g/mol. The summed E-state index contributed by atoms with van der Waals surface area (Å²) in [6.45, 7) is 4.91. The lowest BCUT2D eigenvalue weighted by atomic mass is 10.0. The summed E-state index contributed by atoms with van der Waals surface area (Å²) in [6.07, 6.45) is 0.415. The van der Waals surface area contributed by atoms with Crippen LogP contribution in [0.2, 0.25) is 0 Å². The third kappa shape index (κ3) is 4.96. The lowest BCUT2D eigenvalue weighted by Crippen LogP contribution is -2.28. The van der Waals surface area contributed by atoms with E-state index in [1.54, 1.807) is 57.2 Å². The van der Waals surface area contributed by atoms with E-state index in [9.17, 15) is 14.3 Å². The predicted molar refractivity (Wildman–Crippen MR) is 120 cm³/mol. The highest BCUT2D eigenvalue weighted by molar-refractivity contribution is 6.11. The van der Waals surface area contributed by atoms with Crippen LogP contribution in [0.15, 0.2) is 59.8 Å². The first-order valence-corrected chi connectivity index (χ1v) is 9.67. The van der Waals surface area contributed by atoms with Crippen molar-refractivity contribution in [1.29, 1.82) is 5.41 Å². The largest absolute Gasteiger partial charge is 0.493 e. The van der Waals surface area contributed by atoms with Gasteiger partial charge in [0, 0.05) is 22.9 Å². The molecule has 0 saturated heterocycles. The minimum atomic E-state index is -0.451. The molecule has 0 radical (unpaired) electrons. The number of para-hydroxylation sites is 1. The topological polar surface area (TPSA) is 86.1 Å². The van der Waals surface area contributed by atoms with E-state index in [0.29, 0.717) is 39.7 Å². The van der Waals surface area contributed by atoms with Crippen molar-refractivity contribution in [1.82, 2.24) is 10.3 Å². The van der Waals surface area contributed by atoms with Gasteiger partial charge in [0.2, 0.25) is 5.88 Å². The molecule has 3 N–H and O–H groups in total. The van der Waals surface area contributed by atoms with Crippen molar-refractivity contribution in [2.45, 2.75) is 27.2 Å². The van der Waals surface area contributed by atoms with Gasteiger partial charge in [-0.2, -0.15) is 0 Å². The van der Waals surface area contributed by atoms with Gasteiger partial charge < -0.3 is 15.8 Å². The standard InChI is InChI=1S/C25H22FN3O2/c1-15(7-6-8-18-11-13-19(26)14-12-18)23(17(3)27)29-25(31)22-16(2)24(30)28-21-10-5-4-9-20(21)22/h4-5,9-14,27H,8H2,1-3H3,(H,28,30)(H,29,31)/b23-15+,27-17?. The van der Waals surface area contributed by atoms with E-state index in [-0.39, 0.29) is 17.4 Å². The number of allylic oxidation sites excluding steroid dienone is 2. The van der Waals surface area contributed by atoms with E-state index >= 15 is 0 Å². The van der Waals surface area contributed by atoms with Crippen LogP contribution >= 0.6 is 0 Å². The fourth-order valence-corrected chi connectivity index (χ4v) is 3.18. The second-order valence-corrected chi connectivity index (χ2v) is 7.14. The number of hydrogen-bond acceptors (Lipinski definition) is 4. The van der Waals surface area contributed by atoms with Gasteiger partial charge in [-0.15, -0.1) is 0 Å². The third-order valence-corrected chi connectivity index (χ3v) is 4.81. The molecule has 0 atom stereocenters. The van der Waals surface area contributed by atoms with Crippen molar-refractivity contribution >= 4 is 22.5 Å². The summed E-state index contributed by atoms with van der Waals surface area (Å²) in [6, 6.07) is 13.1. The van der Waals surface area contributed by atoms with E-state index < -0.39 is 5.91 Å². The molecule has 156 valence electrons. The Labute approximate surface area is 180 Å². The smallest absolute Gasteiger partial charge is 0.256 e. The zero-order chi connectivity index (χ0) is 22.5. The third-order valence-electron chi connectivity index (χ3n) is 4.81. The Bertz CT molecular complexity index is 1270. The molecule has 0 saturated carbocycles. The van der Waals surface area contributed by atoms with Crippen LogP contribution in [0.3, 0.4) is 0 Å². The summed E-state index contributed by atoms with van der Waals surface area (Å²) in [5.41, 5.74) is 3.02. The molecule has 2 aromatic carbocycles. The minimum absolute atomic E-state index is 0.155. The molecular formula is C25H22FN3O2. The normalized spacial score (nSPS) is 11.4. The average Bonchev–Trinajstić information content (AvgIpc) is 2.74. The van der Waals surface area contributed by atoms with Crippen LogP contribution in [0.4, 0.5) is 4.39 Å². The predicted octanol–water partition coefficient (Wildman–Crippen LogP) is 4.68. The van der Waals surface area contributed by atoms with Gasteiger partial charge in [0.05, 0.1) is 22.5 Å². The molecule has 0 bridgehead atoms. The molecule has 0 aliphatic rings. The first-order valence-electron chi connectivity index (χ1n) is 9.67. The number of amides is 1. The number of hydrogen-bond donors (Lipinski definition) is 3. The number of aromatic nitrogens is 1. The molecule has 0 unspecified atom stereocenters. The second kappa shape index (κ2) is 9.23. The molecule has 3 rings (SSSR count). The summed E-state index contributed by atoms with van der Waals surface area (Å²) in [4.78, 5) is 17.2. The minimum Gasteiger partial charge on any atom is -0.493 e. The second-order valence-electron chi connectivity index (χ2n) is 7.14. The highest BCUT2D eigenvalue weighted by atomic mass is 19.1. The maximum atomic E-state index is 13.1. The summed E-state index contributed by atoms with van der Waals surface area (Å²) in [5.74, 6) is 4.99. The quantitative estimate of drug-likeness (QED) is 0.427. The first-order chi connectivity index (χ1) is 14.8. The number of carbonyl (C=O) groups is 1. The number of benzene rings is 2. The molecule has 5 nitrogen and oxygen atoms in total. The van der Waals surface area contributed by atoms with Gasteiger partial charge in [0.15, 0.2) is 0 Å². The van der Waals surface area contributed by atoms with Crippen LogP contribution in [0.1, 0.15) is 35.3 Å². The Hall–Kier alpha value is -3.98. The number of carbonyl (C=O) groups excluding carboxylic acids is 1. The fraction of sp³-hybridized carbons (Fsp3) is 0.160. The van der Waals surface area contributed by atoms with Crippen LogP contribution in [0, 0.1) is 30.0 Å². The first kappa shape index (κ1) is 21.7. The number of rotatable bonds is 4. The average molecular weight is 415 g/mol. The highest BCUT2D eigenvalue weighted by Gasteiger charge is 2.19. The molecule has 0 aliphatic heterocycles. The maximum absolute atomic E-state index is 13.1. The summed E-state index contributed by atoms with van der Waals surface area (Å²) in [5, 5.41) is 21.6. The van der Waals surface area contributed by atoms with Crippen LogP contribution in [0.25, 0.3) is 10.9 Å². The van der Waals surface area contributed by atoms with Crippen molar-refractivity contribution in [3.8, 4) is 17.7 Å². The van der Waals surface area contributed by atoms with E-state index in [1.165, 1.54) is 12.1 Å². The van der Waals surface area contributed by atoms with E-state index in [1.807, 2.05) is 0 Å². The summed E-state index contributed by atoms with van der Waals surface area (Å²) >= 11 is 0. The van der Waals surface area contributed by atoms with Crippen LogP contribution < -0.4 is 5.32 Å². The number of fused-ring (bicyclic) bond motifs is 1. The van der Waals surface area contributed by atoms with Gasteiger partial charge in [-0.1, -0.05) is 42.2 Å². The molecule has 0 aliphatic carbocycles. The Morgan fingerprint density at radius 1 is 1.16 bits per heavy atom. The zero-order valence-electron chi connectivity index (χ0n) is 17.5.